The minimum atomic E-state index is -0.568. The molecule has 1 aliphatic rings. The Balaban J connectivity index is 1.69. The van der Waals surface area contributed by atoms with E-state index in [0.29, 0.717) is 53.3 Å². The smallest absolute Gasteiger partial charge is 0.262 e. The van der Waals surface area contributed by atoms with Gasteiger partial charge in [0.25, 0.3) is 5.56 Å². The molecule has 2 aromatic heterocycles. The molecule has 0 spiro atoms. The number of fused-ring (bicyclic) bond motifs is 4. The van der Waals surface area contributed by atoms with Crippen molar-refractivity contribution >= 4 is 22.4 Å². The quantitative estimate of drug-likeness (QED) is 0.523. The third-order valence-electron chi connectivity index (χ3n) is 5.57. The minimum absolute atomic E-state index is 0.139. The van der Waals surface area contributed by atoms with Crippen molar-refractivity contribution in [2.24, 2.45) is 7.05 Å². The first-order valence-corrected chi connectivity index (χ1v) is 9.50. The molecule has 0 aliphatic carbocycles. The van der Waals surface area contributed by atoms with Crippen LogP contribution in [0, 0.1) is 18.6 Å². The van der Waals surface area contributed by atoms with E-state index in [1.54, 1.807) is 7.05 Å². The Morgan fingerprint density at radius 1 is 1.14 bits per heavy atom. The Hall–Kier alpha value is -3.29. The largest absolute Gasteiger partial charge is 0.361 e. The Labute approximate surface area is 165 Å². The van der Waals surface area contributed by atoms with E-state index in [0.717, 1.165) is 18.1 Å². The molecule has 0 fully saturated rings. The molecule has 0 amide bonds. The molecule has 0 atom stereocenters. The highest BCUT2D eigenvalue weighted by Gasteiger charge is 2.24. The number of hydrogen-bond donors (Lipinski definition) is 0. The van der Waals surface area contributed by atoms with Crippen molar-refractivity contribution < 1.29 is 8.78 Å². The molecule has 4 aromatic rings. The van der Waals surface area contributed by atoms with Gasteiger partial charge in [-0.15, -0.1) is 10.2 Å². The highest BCUT2D eigenvalue weighted by molar-refractivity contribution is 5.81. The van der Waals surface area contributed by atoms with Gasteiger partial charge in [0.05, 0.1) is 23.1 Å². The van der Waals surface area contributed by atoms with Gasteiger partial charge in [0.1, 0.15) is 11.6 Å². The van der Waals surface area contributed by atoms with Crippen LogP contribution in [0.2, 0.25) is 0 Å². The number of anilines is 1. The zero-order valence-electron chi connectivity index (χ0n) is 16.1. The first-order chi connectivity index (χ1) is 13.9. The molecule has 6 nitrogen and oxygen atoms in total. The van der Waals surface area contributed by atoms with E-state index in [-0.39, 0.29) is 5.56 Å². The summed E-state index contributed by atoms with van der Waals surface area (Å²) in [6.45, 7) is 2.87. The molecule has 5 rings (SSSR count). The van der Waals surface area contributed by atoms with Gasteiger partial charge in [-0.3, -0.25) is 13.8 Å². The van der Waals surface area contributed by atoms with Crippen molar-refractivity contribution in [2.45, 2.75) is 26.3 Å². The van der Waals surface area contributed by atoms with Crippen LogP contribution in [-0.2, 0) is 20.0 Å². The van der Waals surface area contributed by atoms with Gasteiger partial charge in [0, 0.05) is 19.7 Å². The lowest BCUT2D eigenvalue weighted by Gasteiger charge is -2.31. The predicted molar refractivity (Wildman–Crippen MR) is 106 cm³/mol. The second-order valence-electron chi connectivity index (χ2n) is 7.56. The zero-order valence-corrected chi connectivity index (χ0v) is 16.1. The van der Waals surface area contributed by atoms with Crippen molar-refractivity contribution in [1.29, 1.82) is 0 Å². The maximum absolute atomic E-state index is 14.6. The van der Waals surface area contributed by atoms with Gasteiger partial charge >= 0.3 is 0 Å². The third kappa shape index (κ3) is 2.70. The summed E-state index contributed by atoms with van der Waals surface area (Å²) in [4.78, 5) is 14.6. The van der Waals surface area contributed by atoms with Crippen LogP contribution in [0.15, 0.2) is 35.1 Å². The maximum atomic E-state index is 14.6. The lowest BCUT2D eigenvalue weighted by atomic mass is 10.0. The van der Waals surface area contributed by atoms with E-state index in [1.807, 2.05) is 34.4 Å². The summed E-state index contributed by atoms with van der Waals surface area (Å²) in [5.74, 6) is -0.104. The fourth-order valence-electron chi connectivity index (χ4n) is 4.23. The Morgan fingerprint density at radius 3 is 2.79 bits per heavy atom. The van der Waals surface area contributed by atoms with E-state index in [4.69, 9.17) is 0 Å². The maximum Gasteiger partial charge on any atom is 0.262 e. The second kappa shape index (κ2) is 6.37. The standard InChI is InChI=1S/C21H19F2N5O/c1-12-5-6-17-15(8-12)20(29)26(2)21-25-24-18(28(17)21)11-27-7-3-4-13-9-14(22)10-16(23)19(13)27/h5-6,8-10H,3-4,7,11H2,1-2H3. The van der Waals surface area contributed by atoms with Crippen molar-refractivity contribution in [3.8, 4) is 0 Å². The molecular formula is C21H19F2N5O. The normalized spacial score (nSPS) is 14.0. The van der Waals surface area contributed by atoms with Crippen LogP contribution < -0.4 is 10.5 Å². The number of rotatable bonds is 2. The van der Waals surface area contributed by atoms with Gasteiger partial charge < -0.3 is 4.90 Å². The summed E-state index contributed by atoms with van der Waals surface area (Å²) in [6.07, 6.45) is 1.43. The molecule has 0 bridgehead atoms. The van der Waals surface area contributed by atoms with Crippen LogP contribution >= 0.6 is 0 Å². The average molecular weight is 395 g/mol. The van der Waals surface area contributed by atoms with Crippen molar-refractivity contribution in [2.75, 3.05) is 11.4 Å². The van der Waals surface area contributed by atoms with Gasteiger partial charge in [-0.05, 0) is 43.5 Å². The Kier molecular flexibility index (Phi) is 3.90. The average Bonchev–Trinajstić information content (AvgIpc) is 3.09. The molecule has 8 heteroatoms. The van der Waals surface area contributed by atoms with Crippen LogP contribution in [0.3, 0.4) is 0 Å². The van der Waals surface area contributed by atoms with Gasteiger partial charge in [-0.2, -0.15) is 0 Å². The van der Waals surface area contributed by atoms with Gasteiger partial charge in [0.15, 0.2) is 5.82 Å². The van der Waals surface area contributed by atoms with Crippen LogP contribution in [0.4, 0.5) is 14.5 Å². The molecule has 3 heterocycles. The lowest BCUT2D eigenvalue weighted by molar-refractivity contribution is 0.559. The molecular weight excluding hydrogens is 376 g/mol. The van der Waals surface area contributed by atoms with E-state index in [1.165, 1.54) is 10.6 Å². The Bertz CT molecular complexity index is 1340. The van der Waals surface area contributed by atoms with E-state index >= 15 is 0 Å². The van der Waals surface area contributed by atoms with Crippen LogP contribution in [0.25, 0.3) is 16.7 Å². The first kappa shape index (κ1) is 17.8. The van der Waals surface area contributed by atoms with Gasteiger partial charge in [-0.25, -0.2) is 8.78 Å². The number of halogens is 2. The van der Waals surface area contributed by atoms with Crippen LogP contribution in [-0.4, -0.2) is 25.7 Å². The summed E-state index contributed by atoms with van der Waals surface area (Å²) in [5, 5.41) is 9.08. The summed E-state index contributed by atoms with van der Waals surface area (Å²) in [5.41, 5.74) is 2.64. The fourth-order valence-corrected chi connectivity index (χ4v) is 4.23. The second-order valence-corrected chi connectivity index (χ2v) is 7.56. The van der Waals surface area contributed by atoms with Crippen molar-refractivity contribution in [1.82, 2.24) is 19.2 Å². The molecule has 0 radical (unpaired) electrons. The van der Waals surface area contributed by atoms with E-state index in [2.05, 4.69) is 10.2 Å². The summed E-state index contributed by atoms with van der Waals surface area (Å²) in [7, 11) is 1.66. The van der Waals surface area contributed by atoms with Crippen molar-refractivity contribution in [3.63, 3.8) is 0 Å². The number of aromatic nitrogens is 4. The molecule has 0 saturated carbocycles. The van der Waals surface area contributed by atoms with Gasteiger partial charge in [0.2, 0.25) is 5.78 Å². The summed E-state index contributed by atoms with van der Waals surface area (Å²) < 4.78 is 31.5. The highest BCUT2D eigenvalue weighted by atomic mass is 19.1. The topological polar surface area (TPSA) is 55.4 Å². The molecule has 0 N–H and O–H groups in total. The number of hydrogen-bond acceptors (Lipinski definition) is 4. The third-order valence-corrected chi connectivity index (χ3v) is 5.57. The van der Waals surface area contributed by atoms with Crippen LogP contribution in [0.1, 0.15) is 23.4 Å². The number of aryl methyl sites for hydroxylation is 3. The summed E-state index contributed by atoms with van der Waals surface area (Å²) in [6, 6.07) is 7.98. The number of nitrogens with zero attached hydrogens (tertiary/aromatic N) is 5. The van der Waals surface area contributed by atoms with Crippen LogP contribution in [0.5, 0.6) is 0 Å². The molecule has 2 aromatic carbocycles. The molecule has 148 valence electrons. The fraction of sp³-hybridized carbons (Fsp3) is 0.286. The monoisotopic (exact) mass is 395 g/mol. The van der Waals surface area contributed by atoms with Gasteiger partial charge in [-0.1, -0.05) is 11.6 Å². The Morgan fingerprint density at radius 2 is 1.97 bits per heavy atom. The summed E-state index contributed by atoms with van der Waals surface area (Å²) >= 11 is 0. The molecule has 1 aliphatic heterocycles. The highest BCUT2D eigenvalue weighted by Crippen LogP contribution is 2.32. The first-order valence-electron chi connectivity index (χ1n) is 9.50. The predicted octanol–water partition coefficient (Wildman–Crippen LogP) is 3.12. The lowest BCUT2D eigenvalue weighted by Crippen LogP contribution is -2.31. The van der Waals surface area contributed by atoms with Crippen molar-refractivity contribution in [3.05, 3.63) is 69.3 Å². The minimum Gasteiger partial charge on any atom is -0.361 e. The zero-order chi connectivity index (χ0) is 20.3. The number of benzene rings is 2. The van der Waals surface area contributed by atoms with E-state index < -0.39 is 11.6 Å². The molecule has 29 heavy (non-hydrogen) atoms. The SMILES string of the molecule is Cc1ccc2c(c1)c(=O)n(C)c1nnc(CN3CCCc4cc(F)cc(F)c43)n21. The molecule has 0 saturated heterocycles. The molecule has 0 unspecified atom stereocenters. The van der Waals surface area contributed by atoms with E-state index in [9.17, 15) is 13.6 Å².